The van der Waals surface area contributed by atoms with Gasteiger partial charge in [0, 0.05) is 0 Å². The molecule has 1 aliphatic carbocycles. The van der Waals surface area contributed by atoms with Crippen molar-refractivity contribution < 1.29 is 0 Å². The normalized spacial score (nSPS) is 19.8. The third kappa shape index (κ3) is 3.70. The Kier molecular flexibility index (Phi) is 5.50. The lowest BCUT2D eigenvalue weighted by atomic mass is 9.73. The first kappa shape index (κ1) is 11.1. The highest BCUT2D eigenvalue weighted by Crippen LogP contribution is 2.37. The number of hydrogen-bond acceptors (Lipinski definition) is 0. The summed E-state index contributed by atoms with van der Waals surface area (Å²) in [6.07, 6.45) is 13.3. The van der Waals surface area contributed by atoms with E-state index in [0.29, 0.717) is 0 Å². The summed E-state index contributed by atoms with van der Waals surface area (Å²) in [6, 6.07) is 0. The van der Waals surface area contributed by atoms with Gasteiger partial charge in [-0.2, -0.15) is 0 Å². The summed E-state index contributed by atoms with van der Waals surface area (Å²) in [5.74, 6) is 2.19. The SMILES string of the molecule is CCCCCCC(CC)C1CCC1. The Labute approximate surface area is 84.1 Å². The maximum absolute atomic E-state index is 2.38. The van der Waals surface area contributed by atoms with Crippen LogP contribution in [0.5, 0.6) is 0 Å². The Morgan fingerprint density at radius 2 is 1.85 bits per heavy atom. The molecule has 13 heavy (non-hydrogen) atoms. The highest BCUT2D eigenvalue weighted by Gasteiger charge is 2.24. The van der Waals surface area contributed by atoms with Gasteiger partial charge >= 0.3 is 0 Å². The van der Waals surface area contributed by atoms with E-state index in [4.69, 9.17) is 0 Å². The van der Waals surface area contributed by atoms with Crippen molar-refractivity contribution in [2.75, 3.05) is 0 Å². The van der Waals surface area contributed by atoms with E-state index in [1.807, 2.05) is 0 Å². The van der Waals surface area contributed by atoms with Gasteiger partial charge in [0.2, 0.25) is 0 Å². The fraction of sp³-hybridized carbons (Fsp3) is 1.00. The van der Waals surface area contributed by atoms with Gasteiger partial charge in [-0.15, -0.1) is 0 Å². The number of unbranched alkanes of at least 4 members (excludes halogenated alkanes) is 3. The zero-order valence-corrected chi connectivity index (χ0v) is 9.52. The molecule has 0 aromatic heterocycles. The zero-order chi connectivity index (χ0) is 9.52. The van der Waals surface area contributed by atoms with Crippen LogP contribution >= 0.6 is 0 Å². The van der Waals surface area contributed by atoms with Crippen molar-refractivity contribution in [2.24, 2.45) is 11.8 Å². The molecule has 1 saturated carbocycles. The number of rotatable bonds is 7. The Morgan fingerprint density at radius 3 is 2.31 bits per heavy atom. The summed E-state index contributed by atoms with van der Waals surface area (Å²) in [6.45, 7) is 4.67. The Hall–Kier alpha value is 0. The van der Waals surface area contributed by atoms with E-state index >= 15 is 0 Å². The Bertz CT molecular complexity index is 113. The third-order valence-corrected chi connectivity index (χ3v) is 3.77. The van der Waals surface area contributed by atoms with Crippen LogP contribution in [0.2, 0.25) is 0 Å². The summed E-state index contributed by atoms with van der Waals surface area (Å²) in [4.78, 5) is 0. The fourth-order valence-electron chi connectivity index (χ4n) is 2.52. The van der Waals surface area contributed by atoms with Gasteiger partial charge in [0.15, 0.2) is 0 Å². The average Bonchev–Trinajstić information content (AvgIpc) is 2.07. The van der Waals surface area contributed by atoms with Crippen molar-refractivity contribution in [3.8, 4) is 0 Å². The van der Waals surface area contributed by atoms with Crippen molar-refractivity contribution in [1.29, 1.82) is 0 Å². The van der Waals surface area contributed by atoms with Gasteiger partial charge in [-0.3, -0.25) is 0 Å². The highest BCUT2D eigenvalue weighted by molar-refractivity contribution is 4.76. The van der Waals surface area contributed by atoms with Crippen LogP contribution in [0.4, 0.5) is 0 Å². The molecule has 0 saturated heterocycles. The quantitative estimate of drug-likeness (QED) is 0.497. The lowest BCUT2D eigenvalue weighted by Crippen LogP contribution is -2.21. The molecule has 0 radical (unpaired) electrons. The summed E-state index contributed by atoms with van der Waals surface area (Å²) >= 11 is 0. The zero-order valence-electron chi connectivity index (χ0n) is 9.52. The molecule has 78 valence electrons. The van der Waals surface area contributed by atoms with E-state index in [9.17, 15) is 0 Å². The molecule has 0 nitrogen and oxygen atoms in total. The van der Waals surface area contributed by atoms with Crippen molar-refractivity contribution in [3.63, 3.8) is 0 Å². The molecule has 1 rings (SSSR count). The van der Waals surface area contributed by atoms with Gasteiger partial charge in [0.1, 0.15) is 0 Å². The number of hydrogen-bond donors (Lipinski definition) is 0. The van der Waals surface area contributed by atoms with Crippen molar-refractivity contribution >= 4 is 0 Å². The molecule has 0 bridgehead atoms. The second kappa shape index (κ2) is 6.45. The monoisotopic (exact) mass is 182 g/mol. The molecule has 0 amide bonds. The van der Waals surface area contributed by atoms with E-state index in [-0.39, 0.29) is 0 Å². The first-order valence-corrected chi connectivity index (χ1v) is 6.38. The fourth-order valence-corrected chi connectivity index (χ4v) is 2.52. The maximum Gasteiger partial charge on any atom is -0.0386 e. The lowest BCUT2D eigenvalue weighted by Gasteiger charge is -2.33. The third-order valence-electron chi connectivity index (χ3n) is 3.77. The van der Waals surface area contributed by atoms with E-state index < -0.39 is 0 Å². The second-order valence-electron chi connectivity index (χ2n) is 4.71. The molecule has 1 aliphatic rings. The van der Waals surface area contributed by atoms with Crippen LogP contribution in [0, 0.1) is 11.8 Å². The second-order valence-corrected chi connectivity index (χ2v) is 4.71. The molecule has 0 spiro atoms. The van der Waals surface area contributed by atoms with Crippen LogP contribution in [0.3, 0.4) is 0 Å². The average molecular weight is 182 g/mol. The molecule has 1 fully saturated rings. The summed E-state index contributed by atoms with van der Waals surface area (Å²) in [5.41, 5.74) is 0. The van der Waals surface area contributed by atoms with Gasteiger partial charge in [-0.25, -0.2) is 0 Å². The van der Waals surface area contributed by atoms with E-state index in [2.05, 4.69) is 13.8 Å². The molecule has 0 aromatic carbocycles. The van der Waals surface area contributed by atoms with Crippen LogP contribution < -0.4 is 0 Å². The standard InChI is InChI=1S/C13H26/c1-3-5-6-7-9-12(4-2)13-10-8-11-13/h12-13H,3-11H2,1-2H3. The van der Waals surface area contributed by atoms with Gasteiger partial charge < -0.3 is 0 Å². The lowest BCUT2D eigenvalue weighted by molar-refractivity contribution is 0.186. The van der Waals surface area contributed by atoms with Gasteiger partial charge in [-0.05, 0) is 11.8 Å². The van der Waals surface area contributed by atoms with Crippen molar-refractivity contribution in [1.82, 2.24) is 0 Å². The molecular formula is C13H26. The molecular weight excluding hydrogens is 156 g/mol. The topological polar surface area (TPSA) is 0 Å². The minimum absolute atomic E-state index is 1.07. The first-order valence-electron chi connectivity index (χ1n) is 6.38. The minimum Gasteiger partial charge on any atom is -0.0654 e. The van der Waals surface area contributed by atoms with Crippen molar-refractivity contribution in [2.45, 2.75) is 71.6 Å². The maximum atomic E-state index is 2.38. The molecule has 0 aliphatic heterocycles. The van der Waals surface area contributed by atoms with Crippen LogP contribution in [0.25, 0.3) is 0 Å². The van der Waals surface area contributed by atoms with E-state index in [0.717, 1.165) is 11.8 Å². The smallest absolute Gasteiger partial charge is 0.0386 e. The van der Waals surface area contributed by atoms with Crippen LogP contribution in [-0.2, 0) is 0 Å². The predicted molar refractivity (Wildman–Crippen MR) is 59.9 cm³/mol. The van der Waals surface area contributed by atoms with E-state index in [1.165, 1.54) is 57.8 Å². The molecule has 0 heterocycles. The minimum atomic E-state index is 1.07. The van der Waals surface area contributed by atoms with Gasteiger partial charge in [0.05, 0.1) is 0 Å². The van der Waals surface area contributed by atoms with Crippen molar-refractivity contribution in [3.05, 3.63) is 0 Å². The van der Waals surface area contributed by atoms with Crippen LogP contribution in [0.1, 0.15) is 71.6 Å². The molecule has 1 unspecified atom stereocenters. The van der Waals surface area contributed by atoms with Gasteiger partial charge in [-0.1, -0.05) is 71.6 Å². The van der Waals surface area contributed by atoms with Crippen LogP contribution in [0.15, 0.2) is 0 Å². The molecule has 0 heteroatoms. The molecule has 0 N–H and O–H groups in total. The van der Waals surface area contributed by atoms with Gasteiger partial charge in [0.25, 0.3) is 0 Å². The summed E-state index contributed by atoms with van der Waals surface area (Å²) < 4.78 is 0. The molecule has 1 atom stereocenters. The predicted octanol–water partition coefficient (Wildman–Crippen LogP) is 4.78. The molecule has 0 aromatic rings. The highest BCUT2D eigenvalue weighted by atomic mass is 14.3. The first-order chi connectivity index (χ1) is 6.38. The largest absolute Gasteiger partial charge is 0.0654 e. The Morgan fingerprint density at radius 1 is 1.08 bits per heavy atom. The summed E-state index contributed by atoms with van der Waals surface area (Å²) in [5, 5.41) is 0. The van der Waals surface area contributed by atoms with E-state index in [1.54, 1.807) is 0 Å². The summed E-state index contributed by atoms with van der Waals surface area (Å²) in [7, 11) is 0. The van der Waals surface area contributed by atoms with Crippen LogP contribution in [-0.4, -0.2) is 0 Å². The Balaban J connectivity index is 2.02.